The molecule has 4 nitrogen and oxygen atoms in total. The van der Waals surface area contributed by atoms with Gasteiger partial charge in [0.1, 0.15) is 0 Å². The maximum atomic E-state index is 11.7. The normalized spacial score (nSPS) is 23.7. The molecule has 5 heteroatoms. The first-order chi connectivity index (χ1) is 10.6. The summed E-state index contributed by atoms with van der Waals surface area (Å²) in [4.78, 5) is 0. The number of nitrogens with one attached hydrogen (secondary N) is 1. The van der Waals surface area contributed by atoms with Crippen LogP contribution in [-0.2, 0) is 9.84 Å². The van der Waals surface area contributed by atoms with Crippen molar-refractivity contribution in [1.82, 2.24) is 5.32 Å². The molecular formula is C17H19NO3S. The lowest BCUT2D eigenvalue weighted by Gasteiger charge is -2.25. The third kappa shape index (κ3) is 3.38. The summed E-state index contributed by atoms with van der Waals surface area (Å²) in [7, 11) is -3.17. The van der Waals surface area contributed by atoms with Crippen LogP contribution < -0.4 is 5.32 Å². The fraction of sp³-hybridized carbons (Fsp3) is 0.294. The van der Waals surface area contributed by atoms with Gasteiger partial charge in [0, 0.05) is 6.04 Å². The molecule has 0 aliphatic carbocycles. The van der Waals surface area contributed by atoms with Crippen LogP contribution in [0.5, 0.6) is 0 Å². The van der Waals surface area contributed by atoms with Gasteiger partial charge in [-0.2, -0.15) is 0 Å². The van der Waals surface area contributed by atoms with Crippen LogP contribution in [0.1, 0.15) is 17.2 Å². The molecule has 0 aromatic heterocycles. The van der Waals surface area contributed by atoms with Crippen LogP contribution in [0.25, 0.3) is 0 Å². The Morgan fingerprint density at radius 1 is 0.909 bits per heavy atom. The summed E-state index contributed by atoms with van der Waals surface area (Å²) < 4.78 is 23.4. The third-order valence-corrected chi connectivity index (χ3v) is 5.69. The van der Waals surface area contributed by atoms with Crippen molar-refractivity contribution < 1.29 is 13.5 Å². The predicted octanol–water partition coefficient (Wildman–Crippen LogP) is 1.52. The highest BCUT2D eigenvalue weighted by Crippen LogP contribution is 2.25. The molecule has 0 unspecified atom stereocenters. The van der Waals surface area contributed by atoms with E-state index in [1.165, 1.54) is 0 Å². The van der Waals surface area contributed by atoms with Crippen LogP contribution in [0.2, 0.25) is 0 Å². The molecule has 22 heavy (non-hydrogen) atoms. The van der Waals surface area contributed by atoms with E-state index in [9.17, 15) is 13.5 Å². The Balaban J connectivity index is 1.90. The van der Waals surface area contributed by atoms with Gasteiger partial charge in [-0.05, 0) is 11.1 Å². The van der Waals surface area contributed by atoms with Gasteiger partial charge in [0.2, 0.25) is 0 Å². The first kappa shape index (κ1) is 15.2. The largest absolute Gasteiger partial charge is 0.390 e. The highest BCUT2D eigenvalue weighted by Gasteiger charge is 2.37. The minimum Gasteiger partial charge on any atom is -0.390 e. The fourth-order valence-electron chi connectivity index (χ4n) is 2.88. The Hall–Kier alpha value is -1.69. The van der Waals surface area contributed by atoms with Gasteiger partial charge < -0.3 is 5.11 Å². The third-order valence-electron chi connectivity index (χ3n) is 3.97. The molecule has 0 amide bonds. The van der Waals surface area contributed by atoms with E-state index < -0.39 is 22.0 Å². The number of sulfone groups is 1. The van der Waals surface area contributed by atoms with E-state index in [1.807, 2.05) is 60.7 Å². The van der Waals surface area contributed by atoms with Gasteiger partial charge in [-0.3, -0.25) is 5.32 Å². The number of hydrogen-bond acceptors (Lipinski definition) is 4. The minimum atomic E-state index is -3.17. The number of rotatable bonds is 4. The number of hydrogen-bond donors (Lipinski definition) is 2. The van der Waals surface area contributed by atoms with Crippen LogP contribution in [0.3, 0.4) is 0 Å². The molecule has 116 valence electrons. The maximum absolute atomic E-state index is 11.7. The molecule has 1 heterocycles. The van der Waals surface area contributed by atoms with Gasteiger partial charge in [0.05, 0.1) is 23.7 Å². The topological polar surface area (TPSA) is 66.4 Å². The smallest absolute Gasteiger partial charge is 0.154 e. The molecule has 0 radical (unpaired) electrons. The Bertz CT molecular complexity index is 677. The van der Waals surface area contributed by atoms with Crippen LogP contribution in [0.4, 0.5) is 0 Å². The lowest BCUT2D eigenvalue weighted by atomic mass is 9.97. The van der Waals surface area contributed by atoms with Gasteiger partial charge in [0.15, 0.2) is 9.84 Å². The van der Waals surface area contributed by atoms with E-state index in [0.717, 1.165) is 11.1 Å². The quantitative estimate of drug-likeness (QED) is 0.897. The molecule has 1 aliphatic rings. The molecule has 0 bridgehead atoms. The zero-order chi connectivity index (χ0) is 15.6. The summed E-state index contributed by atoms with van der Waals surface area (Å²) in [5, 5.41) is 13.4. The van der Waals surface area contributed by atoms with Crippen LogP contribution >= 0.6 is 0 Å². The number of benzene rings is 2. The van der Waals surface area contributed by atoms with Gasteiger partial charge in [-0.1, -0.05) is 60.7 Å². The van der Waals surface area contributed by atoms with E-state index in [1.54, 1.807) is 0 Å². The monoisotopic (exact) mass is 317 g/mol. The van der Waals surface area contributed by atoms with Gasteiger partial charge in [0.25, 0.3) is 0 Å². The van der Waals surface area contributed by atoms with Crippen LogP contribution in [0, 0.1) is 0 Å². The molecule has 3 rings (SSSR count). The summed E-state index contributed by atoms with van der Waals surface area (Å²) in [6.45, 7) is 0. The summed E-state index contributed by atoms with van der Waals surface area (Å²) in [6.07, 6.45) is -0.861. The van der Waals surface area contributed by atoms with E-state index in [4.69, 9.17) is 0 Å². The van der Waals surface area contributed by atoms with E-state index in [0.29, 0.717) is 0 Å². The Labute approximate surface area is 130 Å². The Morgan fingerprint density at radius 2 is 1.41 bits per heavy atom. The highest BCUT2D eigenvalue weighted by molar-refractivity contribution is 7.91. The average Bonchev–Trinajstić information content (AvgIpc) is 2.78. The summed E-state index contributed by atoms with van der Waals surface area (Å²) in [6, 6.07) is 19.1. The Morgan fingerprint density at radius 3 is 1.82 bits per heavy atom. The lowest BCUT2D eigenvalue weighted by Crippen LogP contribution is -2.41. The van der Waals surface area contributed by atoms with Crippen molar-refractivity contribution in [2.24, 2.45) is 0 Å². The standard InChI is InChI=1S/C17H19NO3S/c19-16-12-22(20,21)11-15(16)18-17(13-7-3-1-4-8-13)14-9-5-2-6-10-14/h1-10,15-19H,11-12H2/t15-,16-/m0/s1. The number of aliphatic hydroxyl groups excluding tert-OH is 1. The van der Waals surface area contributed by atoms with E-state index in [-0.39, 0.29) is 17.5 Å². The molecule has 2 atom stereocenters. The van der Waals surface area contributed by atoms with Gasteiger partial charge >= 0.3 is 0 Å². The van der Waals surface area contributed by atoms with Crippen molar-refractivity contribution >= 4 is 9.84 Å². The van der Waals surface area contributed by atoms with E-state index in [2.05, 4.69) is 5.32 Å². The molecule has 1 aliphatic heterocycles. The summed E-state index contributed by atoms with van der Waals surface area (Å²) >= 11 is 0. The minimum absolute atomic E-state index is 0.0235. The first-order valence-corrected chi connectivity index (χ1v) is 9.12. The number of aliphatic hydroxyl groups is 1. The van der Waals surface area contributed by atoms with Gasteiger partial charge in [-0.25, -0.2) is 8.42 Å². The van der Waals surface area contributed by atoms with Crippen molar-refractivity contribution in [1.29, 1.82) is 0 Å². The lowest BCUT2D eigenvalue weighted by molar-refractivity contribution is 0.162. The van der Waals surface area contributed by atoms with Crippen molar-refractivity contribution in [3.8, 4) is 0 Å². The first-order valence-electron chi connectivity index (χ1n) is 7.29. The van der Waals surface area contributed by atoms with E-state index >= 15 is 0 Å². The molecule has 2 aromatic carbocycles. The molecule has 0 saturated carbocycles. The predicted molar refractivity (Wildman–Crippen MR) is 86.3 cm³/mol. The Kier molecular flexibility index (Phi) is 4.29. The fourth-order valence-corrected chi connectivity index (χ4v) is 4.63. The van der Waals surface area contributed by atoms with Crippen molar-refractivity contribution in [3.05, 3.63) is 71.8 Å². The zero-order valence-electron chi connectivity index (χ0n) is 12.1. The molecule has 2 N–H and O–H groups in total. The second-order valence-corrected chi connectivity index (χ2v) is 7.83. The molecular weight excluding hydrogens is 298 g/mol. The summed E-state index contributed by atoms with van der Waals surface area (Å²) in [5.41, 5.74) is 2.09. The molecule has 1 saturated heterocycles. The van der Waals surface area contributed by atoms with Crippen molar-refractivity contribution in [3.63, 3.8) is 0 Å². The van der Waals surface area contributed by atoms with Gasteiger partial charge in [-0.15, -0.1) is 0 Å². The zero-order valence-corrected chi connectivity index (χ0v) is 12.9. The second kappa shape index (κ2) is 6.20. The molecule has 0 spiro atoms. The van der Waals surface area contributed by atoms with Crippen molar-refractivity contribution in [2.75, 3.05) is 11.5 Å². The average molecular weight is 317 g/mol. The highest BCUT2D eigenvalue weighted by atomic mass is 32.2. The van der Waals surface area contributed by atoms with Crippen molar-refractivity contribution in [2.45, 2.75) is 18.2 Å². The molecule has 2 aromatic rings. The second-order valence-electron chi connectivity index (χ2n) is 5.67. The van der Waals surface area contributed by atoms with Crippen LogP contribution in [0.15, 0.2) is 60.7 Å². The maximum Gasteiger partial charge on any atom is 0.154 e. The van der Waals surface area contributed by atoms with Crippen LogP contribution in [-0.4, -0.2) is 37.2 Å². The molecule has 1 fully saturated rings. The summed E-state index contributed by atoms with van der Waals surface area (Å²) in [5.74, 6) is -0.189. The SMILES string of the molecule is O=S1(=O)C[C@H](NC(c2ccccc2)c2ccccc2)[C@@H](O)C1.